The Bertz CT molecular complexity index is 1170. The lowest BCUT2D eigenvalue weighted by atomic mass is 10.2. The highest BCUT2D eigenvalue weighted by Gasteiger charge is 2.13. The van der Waals surface area contributed by atoms with Crippen LogP contribution in [0.5, 0.6) is 0 Å². The van der Waals surface area contributed by atoms with E-state index < -0.39 is 0 Å². The van der Waals surface area contributed by atoms with E-state index in [0.29, 0.717) is 11.4 Å². The Morgan fingerprint density at radius 3 is 2.96 bits per heavy atom. The Morgan fingerprint density at radius 1 is 1.28 bits per heavy atom. The Morgan fingerprint density at radius 2 is 2.12 bits per heavy atom. The molecule has 0 aliphatic carbocycles. The zero-order chi connectivity index (χ0) is 17.6. The normalized spacial score (nSPS) is 11.5. The van der Waals surface area contributed by atoms with Crippen LogP contribution >= 0.6 is 39.0 Å². The van der Waals surface area contributed by atoms with Crippen molar-refractivity contribution in [1.82, 2.24) is 19.4 Å². The lowest BCUT2D eigenvalue weighted by molar-refractivity contribution is 1.00. The van der Waals surface area contributed by atoms with Crippen LogP contribution in [0.4, 0.5) is 0 Å². The Hall–Kier alpha value is -1.77. The van der Waals surface area contributed by atoms with Crippen molar-refractivity contribution in [2.75, 3.05) is 0 Å². The van der Waals surface area contributed by atoms with Gasteiger partial charge >= 0.3 is 0 Å². The van der Waals surface area contributed by atoms with Gasteiger partial charge in [0, 0.05) is 32.8 Å². The predicted octanol–water partition coefficient (Wildman–Crippen LogP) is 4.37. The summed E-state index contributed by atoms with van der Waals surface area (Å²) < 4.78 is 2.38. The fraction of sp³-hybridized carbons (Fsp3) is 0.176. The number of fused-ring (bicyclic) bond motifs is 2. The standard InChI is InChI=1S/C17H13BrN4OS2/c1-9-10(2)25-17-15(9)16(19-8-20-17)24-7-12-5-14(23)22-6-11(18)3-4-13(22)21-12/h3-6,8H,7H2,1-2H3. The molecule has 0 fully saturated rings. The molecule has 25 heavy (non-hydrogen) atoms. The second-order valence-corrected chi connectivity index (χ2v) is 8.68. The van der Waals surface area contributed by atoms with Crippen molar-refractivity contribution in [2.24, 2.45) is 0 Å². The van der Waals surface area contributed by atoms with E-state index >= 15 is 0 Å². The van der Waals surface area contributed by atoms with Gasteiger partial charge in [-0.1, -0.05) is 11.8 Å². The molecule has 8 heteroatoms. The molecule has 4 aromatic rings. The first-order valence-corrected chi connectivity index (χ1v) is 10.1. The maximum absolute atomic E-state index is 12.3. The molecule has 0 saturated heterocycles. The number of nitrogens with zero attached hydrogens (tertiary/aromatic N) is 4. The number of pyridine rings is 1. The summed E-state index contributed by atoms with van der Waals surface area (Å²) in [5.41, 5.74) is 2.52. The molecule has 0 saturated carbocycles. The highest BCUT2D eigenvalue weighted by atomic mass is 79.9. The summed E-state index contributed by atoms with van der Waals surface area (Å²) in [5.74, 6) is 0.586. The first kappa shape index (κ1) is 16.7. The molecule has 5 nitrogen and oxygen atoms in total. The van der Waals surface area contributed by atoms with Crippen LogP contribution in [0.2, 0.25) is 0 Å². The zero-order valence-electron chi connectivity index (χ0n) is 13.5. The fourth-order valence-electron chi connectivity index (χ4n) is 2.60. The minimum absolute atomic E-state index is 0.0858. The van der Waals surface area contributed by atoms with Gasteiger partial charge in [-0.15, -0.1) is 11.3 Å². The maximum atomic E-state index is 12.3. The van der Waals surface area contributed by atoms with Gasteiger partial charge < -0.3 is 0 Å². The number of hydrogen-bond donors (Lipinski definition) is 0. The molecule has 0 spiro atoms. The summed E-state index contributed by atoms with van der Waals surface area (Å²) >= 11 is 6.64. The number of hydrogen-bond acceptors (Lipinski definition) is 6. The van der Waals surface area contributed by atoms with E-state index in [2.05, 4.69) is 44.7 Å². The van der Waals surface area contributed by atoms with Crippen LogP contribution in [0.3, 0.4) is 0 Å². The lowest BCUT2D eigenvalue weighted by Gasteiger charge is -2.05. The third-order valence-corrected chi connectivity index (χ3v) is 6.57. The highest BCUT2D eigenvalue weighted by molar-refractivity contribution is 9.10. The van der Waals surface area contributed by atoms with E-state index in [0.717, 1.165) is 25.4 Å². The van der Waals surface area contributed by atoms with E-state index in [9.17, 15) is 4.79 Å². The van der Waals surface area contributed by atoms with Gasteiger partial charge in [-0.2, -0.15) is 0 Å². The second-order valence-electron chi connectivity index (χ2n) is 5.59. The van der Waals surface area contributed by atoms with Crippen LogP contribution in [-0.2, 0) is 5.75 Å². The number of aromatic nitrogens is 4. The van der Waals surface area contributed by atoms with Gasteiger partial charge in [-0.05, 0) is 47.5 Å². The first-order valence-electron chi connectivity index (χ1n) is 7.54. The summed E-state index contributed by atoms with van der Waals surface area (Å²) in [6, 6.07) is 5.29. The molecule has 0 N–H and O–H groups in total. The average Bonchev–Trinajstić information content (AvgIpc) is 2.89. The Kier molecular flexibility index (Phi) is 4.35. The van der Waals surface area contributed by atoms with Gasteiger partial charge in [0.1, 0.15) is 21.8 Å². The van der Waals surface area contributed by atoms with Crippen LogP contribution in [0.1, 0.15) is 16.1 Å². The van der Waals surface area contributed by atoms with Crippen LogP contribution in [0.25, 0.3) is 15.9 Å². The molecule has 4 rings (SSSR count). The monoisotopic (exact) mass is 432 g/mol. The quantitative estimate of drug-likeness (QED) is 0.355. The Labute approximate surface area is 160 Å². The van der Waals surface area contributed by atoms with E-state index in [-0.39, 0.29) is 5.56 Å². The van der Waals surface area contributed by atoms with Crippen LogP contribution < -0.4 is 5.56 Å². The Balaban J connectivity index is 1.69. The van der Waals surface area contributed by atoms with E-state index in [1.54, 1.807) is 41.7 Å². The molecular weight excluding hydrogens is 420 g/mol. The fourth-order valence-corrected chi connectivity index (χ4v) is 4.95. The third-order valence-electron chi connectivity index (χ3n) is 3.96. The summed E-state index contributed by atoms with van der Waals surface area (Å²) in [6.45, 7) is 4.19. The van der Waals surface area contributed by atoms with Crippen molar-refractivity contribution >= 4 is 54.9 Å². The minimum Gasteiger partial charge on any atom is -0.269 e. The largest absolute Gasteiger partial charge is 0.269 e. The summed E-state index contributed by atoms with van der Waals surface area (Å²) in [6.07, 6.45) is 3.33. The molecule has 0 aliphatic heterocycles. The van der Waals surface area contributed by atoms with E-state index in [4.69, 9.17) is 0 Å². The van der Waals surface area contributed by atoms with E-state index in [1.807, 2.05) is 12.1 Å². The zero-order valence-corrected chi connectivity index (χ0v) is 16.7. The van der Waals surface area contributed by atoms with Crippen molar-refractivity contribution < 1.29 is 0 Å². The van der Waals surface area contributed by atoms with Crippen molar-refractivity contribution in [3.05, 3.63) is 61.7 Å². The van der Waals surface area contributed by atoms with Crippen molar-refractivity contribution in [2.45, 2.75) is 24.6 Å². The minimum atomic E-state index is -0.0858. The van der Waals surface area contributed by atoms with Crippen LogP contribution in [-0.4, -0.2) is 19.4 Å². The smallest absolute Gasteiger partial charge is 0.258 e. The van der Waals surface area contributed by atoms with Gasteiger partial charge in [-0.3, -0.25) is 9.20 Å². The van der Waals surface area contributed by atoms with Gasteiger partial charge in [0.25, 0.3) is 5.56 Å². The molecule has 0 aromatic carbocycles. The SMILES string of the molecule is Cc1sc2ncnc(SCc3cc(=O)n4cc(Br)ccc4n3)c2c1C. The molecule has 4 heterocycles. The lowest BCUT2D eigenvalue weighted by Crippen LogP contribution is -2.15. The molecule has 0 radical (unpaired) electrons. The number of rotatable bonds is 3. The molecule has 0 amide bonds. The molecule has 0 atom stereocenters. The van der Waals surface area contributed by atoms with E-state index in [1.165, 1.54) is 14.8 Å². The van der Waals surface area contributed by atoms with Gasteiger partial charge in [0.05, 0.1) is 5.69 Å². The first-order chi connectivity index (χ1) is 12.0. The van der Waals surface area contributed by atoms with Crippen molar-refractivity contribution in [3.8, 4) is 0 Å². The van der Waals surface area contributed by atoms with Crippen molar-refractivity contribution in [3.63, 3.8) is 0 Å². The molecule has 4 aromatic heterocycles. The third kappa shape index (κ3) is 3.09. The topological polar surface area (TPSA) is 60.2 Å². The second kappa shape index (κ2) is 6.51. The molecule has 126 valence electrons. The summed E-state index contributed by atoms with van der Waals surface area (Å²) in [7, 11) is 0. The molecule has 0 aliphatic rings. The number of thiophene rings is 1. The van der Waals surface area contributed by atoms with Crippen LogP contribution in [0.15, 0.2) is 45.0 Å². The summed E-state index contributed by atoms with van der Waals surface area (Å²) in [5, 5.41) is 2.04. The predicted molar refractivity (Wildman–Crippen MR) is 106 cm³/mol. The molecular formula is C17H13BrN4OS2. The van der Waals surface area contributed by atoms with Gasteiger partial charge in [0.2, 0.25) is 0 Å². The number of thioether (sulfide) groups is 1. The summed E-state index contributed by atoms with van der Waals surface area (Å²) in [4.78, 5) is 27.9. The highest BCUT2D eigenvalue weighted by Crippen LogP contribution is 2.35. The number of halogens is 1. The van der Waals surface area contributed by atoms with Crippen LogP contribution in [0, 0.1) is 13.8 Å². The maximum Gasteiger partial charge on any atom is 0.258 e. The number of aryl methyl sites for hydroxylation is 2. The van der Waals surface area contributed by atoms with Crippen molar-refractivity contribution in [1.29, 1.82) is 0 Å². The molecule has 0 unspecified atom stereocenters. The average molecular weight is 433 g/mol. The van der Waals surface area contributed by atoms with Gasteiger partial charge in [-0.25, -0.2) is 15.0 Å². The molecule has 0 bridgehead atoms. The van der Waals surface area contributed by atoms with Gasteiger partial charge in [0.15, 0.2) is 0 Å².